The minimum absolute atomic E-state index is 0.0417. The molecule has 4 nitrogen and oxygen atoms in total. The van der Waals surface area contributed by atoms with Crippen LogP contribution in [-0.2, 0) is 4.74 Å². The van der Waals surface area contributed by atoms with E-state index in [1.807, 2.05) is 0 Å². The van der Waals surface area contributed by atoms with E-state index in [0.29, 0.717) is 23.5 Å². The van der Waals surface area contributed by atoms with Crippen LogP contribution in [0.1, 0.15) is 80.1 Å². The third-order valence-electron chi connectivity index (χ3n) is 7.44. The van der Waals surface area contributed by atoms with Gasteiger partial charge >= 0.3 is 5.97 Å². The van der Waals surface area contributed by atoms with Crippen LogP contribution < -0.4 is 9.47 Å². The van der Waals surface area contributed by atoms with Gasteiger partial charge in [0.2, 0.25) is 0 Å². The molecule has 0 unspecified atom stereocenters. The fourth-order valence-electron chi connectivity index (χ4n) is 5.05. The molecule has 0 atom stereocenters. The van der Waals surface area contributed by atoms with Gasteiger partial charge in [-0.1, -0.05) is 43.7 Å². The predicted molar refractivity (Wildman–Crippen MR) is 154 cm³/mol. The van der Waals surface area contributed by atoms with E-state index in [2.05, 4.69) is 13.5 Å². The first-order chi connectivity index (χ1) is 19.9. The second-order valence-corrected chi connectivity index (χ2v) is 10.4. The van der Waals surface area contributed by atoms with E-state index >= 15 is 8.78 Å². The molecule has 0 amide bonds. The zero-order chi connectivity index (χ0) is 29.2. The summed E-state index contributed by atoms with van der Waals surface area (Å²) in [6.07, 6.45) is 8.83. The molecule has 0 heterocycles. The second kappa shape index (κ2) is 14.9. The molecule has 3 aromatic rings. The molecule has 4 rings (SSSR count). The van der Waals surface area contributed by atoms with E-state index in [4.69, 9.17) is 14.2 Å². The van der Waals surface area contributed by atoms with Gasteiger partial charge in [0.15, 0.2) is 23.2 Å². The van der Waals surface area contributed by atoms with Crippen LogP contribution in [0.15, 0.2) is 67.3 Å². The van der Waals surface area contributed by atoms with Gasteiger partial charge in [-0.15, -0.1) is 6.58 Å². The highest BCUT2D eigenvalue weighted by Crippen LogP contribution is 2.38. The molecule has 1 aliphatic carbocycles. The number of carbonyl (C=O) groups excluding carboxylic acids is 1. The average Bonchev–Trinajstić information content (AvgIpc) is 2.99. The number of esters is 1. The molecule has 0 aliphatic heterocycles. The maximum Gasteiger partial charge on any atom is 0.343 e. The molecular formula is C34H37F3O4. The Kier molecular flexibility index (Phi) is 11.0. The third-order valence-corrected chi connectivity index (χ3v) is 7.44. The monoisotopic (exact) mass is 566 g/mol. The Bertz CT molecular complexity index is 1310. The SMILES string of the molecule is C=CCCCOc1ccc(OC(=O)c2ccc(-c3ccc(C4CCC(OCCCC)CC4)c(F)c3F)cc2)c(F)c1. The summed E-state index contributed by atoms with van der Waals surface area (Å²) in [5.41, 5.74) is 1.07. The van der Waals surface area contributed by atoms with Crippen molar-refractivity contribution in [3.8, 4) is 22.6 Å². The van der Waals surface area contributed by atoms with Crippen molar-refractivity contribution in [1.29, 1.82) is 0 Å². The molecule has 0 bridgehead atoms. The van der Waals surface area contributed by atoms with Gasteiger partial charge in [-0.05, 0) is 86.3 Å². The lowest BCUT2D eigenvalue weighted by atomic mass is 9.82. The smallest absolute Gasteiger partial charge is 0.343 e. The van der Waals surface area contributed by atoms with Crippen LogP contribution in [0.5, 0.6) is 11.5 Å². The number of ether oxygens (including phenoxy) is 3. The van der Waals surface area contributed by atoms with Gasteiger partial charge in [-0.25, -0.2) is 18.0 Å². The van der Waals surface area contributed by atoms with Crippen molar-refractivity contribution >= 4 is 5.97 Å². The number of halogens is 3. The Morgan fingerprint density at radius 1 is 0.927 bits per heavy atom. The van der Waals surface area contributed by atoms with E-state index in [9.17, 15) is 9.18 Å². The highest BCUT2D eigenvalue weighted by Gasteiger charge is 2.27. The number of unbranched alkanes of at least 4 members (excludes halogenated alkanes) is 2. The van der Waals surface area contributed by atoms with E-state index in [-0.39, 0.29) is 28.9 Å². The fourth-order valence-corrected chi connectivity index (χ4v) is 5.05. The Hall–Kier alpha value is -3.58. The first-order valence-corrected chi connectivity index (χ1v) is 14.4. The van der Waals surface area contributed by atoms with Crippen molar-refractivity contribution in [3.05, 3.63) is 95.8 Å². The van der Waals surface area contributed by atoms with Crippen molar-refractivity contribution in [2.75, 3.05) is 13.2 Å². The van der Waals surface area contributed by atoms with Crippen LogP contribution in [0, 0.1) is 17.5 Å². The maximum atomic E-state index is 15.2. The second-order valence-electron chi connectivity index (χ2n) is 10.4. The van der Waals surface area contributed by atoms with Gasteiger partial charge in [0, 0.05) is 18.2 Å². The van der Waals surface area contributed by atoms with Gasteiger partial charge in [0.25, 0.3) is 0 Å². The topological polar surface area (TPSA) is 44.8 Å². The number of rotatable bonds is 13. The lowest BCUT2D eigenvalue weighted by Gasteiger charge is -2.29. The zero-order valence-corrected chi connectivity index (χ0v) is 23.5. The summed E-state index contributed by atoms with van der Waals surface area (Å²) in [4.78, 5) is 12.6. The van der Waals surface area contributed by atoms with E-state index in [0.717, 1.165) is 64.0 Å². The Morgan fingerprint density at radius 3 is 2.37 bits per heavy atom. The Balaban J connectivity index is 1.37. The maximum absolute atomic E-state index is 15.2. The molecule has 0 N–H and O–H groups in total. The molecule has 1 fully saturated rings. The first kappa shape index (κ1) is 30.4. The summed E-state index contributed by atoms with van der Waals surface area (Å²) in [6, 6.07) is 13.2. The molecule has 1 saturated carbocycles. The fraction of sp³-hybridized carbons (Fsp3) is 0.382. The zero-order valence-electron chi connectivity index (χ0n) is 23.5. The number of hydrogen-bond acceptors (Lipinski definition) is 4. The first-order valence-electron chi connectivity index (χ1n) is 14.4. The molecule has 1 aliphatic rings. The molecule has 0 saturated heterocycles. The molecule has 0 spiro atoms. The number of carbonyl (C=O) groups is 1. The van der Waals surface area contributed by atoms with Gasteiger partial charge in [0.1, 0.15) is 5.75 Å². The normalized spacial score (nSPS) is 16.8. The molecule has 218 valence electrons. The standard InChI is InChI=1S/C34H37F3O4/c1-3-5-7-21-40-27-16-19-31(30(35)22-27)41-34(38)25-10-8-23(9-11-25)28-17-18-29(33(37)32(28)36)24-12-14-26(15-13-24)39-20-6-4-2/h3,8-11,16-19,22,24,26H,1,4-7,12-15,20-21H2,2H3. The van der Waals surface area contributed by atoms with Crippen molar-refractivity contribution in [2.24, 2.45) is 0 Å². The van der Waals surface area contributed by atoms with Crippen LogP contribution >= 0.6 is 0 Å². The van der Waals surface area contributed by atoms with Crippen LogP contribution in [0.25, 0.3) is 11.1 Å². The van der Waals surface area contributed by atoms with E-state index in [1.165, 1.54) is 36.4 Å². The Labute approximate surface area is 240 Å². The van der Waals surface area contributed by atoms with Crippen LogP contribution in [-0.4, -0.2) is 25.3 Å². The van der Waals surface area contributed by atoms with Crippen molar-refractivity contribution in [2.45, 2.75) is 70.3 Å². The summed E-state index contributed by atoms with van der Waals surface area (Å²) < 4.78 is 61.4. The number of allylic oxidation sites excluding steroid dienone is 1. The molecular weight excluding hydrogens is 529 g/mol. The largest absolute Gasteiger partial charge is 0.493 e. The van der Waals surface area contributed by atoms with Gasteiger partial charge in [-0.2, -0.15) is 0 Å². The lowest BCUT2D eigenvalue weighted by Crippen LogP contribution is -2.22. The molecule has 0 aromatic heterocycles. The van der Waals surface area contributed by atoms with Crippen molar-refractivity contribution in [1.82, 2.24) is 0 Å². The van der Waals surface area contributed by atoms with E-state index < -0.39 is 23.4 Å². The lowest BCUT2D eigenvalue weighted by molar-refractivity contribution is 0.0230. The molecule has 7 heteroatoms. The number of benzene rings is 3. The summed E-state index contributed by atoms with van der Waals surface area (Å²) in [7, 11) is 0. The summed E-state index contributed by atoms with van der Waals surface area (Å²) >= 11 is 0. The highest BCUT2D eigenvalue weighted by molar-refractivity contribution is 5.91. The van der Waals surface area contributed by atoms with Gasteiger partial charge in [-0.3, -0.25) is 0 Å². The third kappa shape index (κ3) is 8.00. The van der Waals surface area contributed by atoms with Gasteiger partial charge in [0.05, 0.1) is 18.3 Å². The quantitative estimate of drug-likeness (QED) is 0.0896. The summed E-state index contributed by atoms with van der Waals surface area (Å²) in [5, 5.41) is 0. The van der Waals surface area contributed by atoms with Crippen molar-refractivity contribution < 1.29 is 32.2 Å². The summed E-state index contributed by atoms with van der Waals surface area (Å²) in [5.74, 6) is -3.18. The van der Waals surface area contributed by atoms with Crippen molar-refractivity contribution in [3.63, 3.8) is 0 Å². The predicted octanol–water partition coefficient (Wildman–Crippen LogP) is 9.18. The molecule has 3 aromatic carbocycles. The molecule has 41 heavy (non-hydrogen) atoms. The Morgan fingerprint density at radius 2 is 1.68 bits per heavy atom. The molecule has 0 radical (unpaired) electrons. The number of hydrogen-bond donors (Lipinski definition) is 0. The van der Waals surface area contributed by atoms with E-state index in [1.54, 1.807) is 18.2 Å². The minimum Gasteiger partial charge on any atom is -0.493 e. The highest BCUT2D eigenvalue weighted by atomic mass is 19.2. The van der Waals surface area contributed by atoms with Gasteiger partial charge < -0.3 is 14.2 Å². The summed E-state index contributed by atoms with van der Waals surface area (Å²) in [6.45, 7) is 6.93. The van der Waals surface area contributed by atoms with Crippen LogP contribution in [0.2, 0.25) is 0 Å². The average molecular weight is 567 g/mol. The van der Waals surface area contributed by atoms with Crippen LogP contribution in [0.3, 0.4) is 0 Å². The van der Waals surface area contributed by atoms with Crippen LogP contribution in [0.4, 0.5) is 13.2 Å². The minimum atomic E-state index is -0.909.